The van der Waals surface area contributed by atoms with E-state index in [4.69, 9.17) is 0 Å². The van der Waals surface area contributed by atoms with E-state index >= 15 is 0 Å². The predicted molar refractivity (Wildman–Crippen MR) is 28.0 cm³/mol. The van der Waals surface area contributed by atoms with E-state index in [-0.39, 0.29) is 0 Å². The fourth-order valence-electron chi connectivity index (χ4n) is 0.412. The third-order valence-corrected chi connectivity index (χ3v) is 1.40. The first-order valence-electron chi connectivity index (χ1n) is 2.03. The van der Waals surface area contributed by atoms with Crippen molar-refractivity contribution in [1.29, 1.82) is 0 Å². The number of hydrogen-bond acceptors (Lipinski definition) is 2. The van der Waals surface area contributed by atoms with Crippen LogP contribution in [-0.2, 0) is 11.1 Å². The van der Waals surface area contributed by atoms with E-state index in [9.17, 15) is 8.76 Å². The highest BCUT2D eigenvalue weighted by molar-refractivity contribution is 7.79. The van der Waals surface area contributed by atoms with Crippen LogP contribution in [0, 0.1) is 0 Å². The molecule has 0 aliphatic rings. The Morgan fingerprint density at radius 3 is 2.75 bits per heavy atom. The molecule has 1 N–H and O–H groups in total. The summed E-state index contributed by atoms with van der Waals surface area (Å²) in [6, 6.07) is 1.49. The molecule has 1 aromatic rings. The van der Waals surface area contributed by atoms with E-state index in [0.717, 1.165) is 0 Å². The monoisotopic (exact) mass is 130 g/mol. The minimum absolute atomic E-state index is 0.296. The molecule has 0 saturated heterocycles. The van der Waals surface area contributed by atoms with Crippen molar-refractivity contribution >= 4 is 11.1 Å². The van der Waals surface area contributed by atoms with Crippen LogP contribution >= 0.6 is 0 Å². The Morgan fingerprint density at radius 2 is 2.50 bits per heavy atom. The highest BCUT2D eigenvalue weighted by Gasteiger charge is 1.86. The maximum absolute atomic E-state index is 10.0. The van der Waals surface area contributed by atoms with Crippen molar-refractivity contribution in [3.63, 3.8) is 0 Å². The lowest BCUT2D eigenvalue weighted by Crippen LogP contribution is -1.82. The minimum atomic E-state index is -2.08. The lowest BCUT2D eigenvalue weighted by Gasteiger charge is -1.97. The number of rotatable bonds is 1. The number of nitrogens with one attached hydrogen (secondary N) is 1. The fourth-order valence-corrected chi connectivity index (χ4v) is 0.756. The molecule has 1 rings (SSSR count). The van der Waals surface area contributed by atoms with Gasteiger partial charge in [-0.05, 0) is 17.1 Å². The Kier molecular flexibility index (Phi) is 1.45. The van der Waals surface area contributed by atoms with Gasteiger partial charge in [-0.25, -0.2) is 0 Å². The average Bonchev–Trinajstić information content (AvgIpc) is 2.12. The van der Waals surface area contributed by atoms with E-state index in [1.54, 1.807) is 6.20 Å². The van der Waals surface area contributed by atoms with Gasteiger partial charge in [0, 0.05) is 17.3 Å². The summed E-state index contributed by atoms with van der Waals surface area (Å²) in [5, 5.41) is 0. The number of H-pyrrole nitrogens is 1. The molecular weight excluding hydrogens is 126 g/mol. The molecule has 1 heterocycles. The SMILES string of the molecule is O=S([O-])c1cc[nH]c1. The van der Waals surface area contributed by atoms with Gasteiger partial charge in [-0.3, -0.25) is 4.21 Å². The van der Waals surface area contributed by atoms with Crippen molar-refractivity contribution in [3.05, 3.63) is 18.5 Å². The number of aromatic amines is 1. The van der Waals surface area contributed by atoms with E-state index in [1.807, 2.05) is 0 Å². The first kappa shape index (κ1) is 5.53. The van der Waals surface area contributed by atoms with Crippen LogP contribution in [0.15, 0.2) is 23.4 Å². The van der Waals surface area contributed by atoms with Gasteiger partial charge in [0.2, 0.25) is 0 Å². The van der Waals surface area contributed by atoms with Crippen LogP contribution in [0.2, 0.25) is 0 Å². The van der Waals surface area contributed by atoms with Crippen molar-refractivity contribution in [2.24, 2.45) is 0 Å². The van der Waals surface area contributed by atoms with Crippen molar-refractivity contribution in [2.75, 3.05) is 0 Å². The third-order valence-electron chi connectivity index (χ3n) is 0.762. The highest BCUT2D eigenvalue weighted by atomic mass is 32.2. The second-order valence-corrected chi connectivity index (χ2v) is 2.22. The molecule has 0 fully saturated rings. The van der Waals surface area contributed by atoms with Gasteiger partial charge in [0.15, 0.2) is 0 Å². The summed E-state index contributed by atoms with van der Waals surface area (Å²) in [5.41, 5.74) is 0. The fraction of sp³-hybridized carbons (Fsp3) is 0. The molecule has 0 aliphatic heterocycles. The molecule has 0 aromatic carbocycles. The molecular formula is C4H4NO2S-. The topological polar surface area (TPSA) is 55.9 Å². The van der Waals surface area contributed by atoms with Gasteiger partial charge in [0.05, 0.1) is 0 Å². The molecule has 0 amide bonds. The van der Waals surface area contributed by atoms with Crippen molar-refractivity contribution in [3.8, 4) is 0 Å². The largest absolute Gasteiger partial charge is 0.768 e. The Hall–Kier alpha value is -0.610. The second kappa shape index (κ2) is 2.11. The molecule has 1 atom stereocenters. The van der Waals surface area contributed by atoms with Crippen molar-refractivity contribution in [1.82, 2.24) is 4.98 Å². The molecule has 0 bridgehead atoms. The molecule has 4 heteroatoms. The summed E-state index contributed by atoms with van der Waals surface area (Å²) in [7, 11) is 0. The maximum Gasteiger partial charge on any atom is 0.0423 e. The molecule has 44 valence electrons. The normalized spacial score (nSPS) is 13.6. The summed E-state index contributed by atoms with van der Waals surface area (Å²) >= 11 is -2.08. The predicted octanol–water partition coefficient (Wildman–Crippen LogP) is 0.253. The summed E-state index contributed by atoms with van der Waals surface area (Å²) < 4.78 is 20.1. The highest BCUT2D eigenvalue weighted by Crippen LogP contribution is 1.98. The van der Waals surface area contributed by atoms with Gasteiger partial charge in [-0.15, -0.1) is 0 Å². The summed E-state index contributed by atoms with van der Waals surface area (Å²) in [5.74, 6) is 0. The van der Waals surface area contributed by atoms with Crippen LogP contribution in [0.1, 0.15) is 0 Å². The quantitative estimate of drug-likeness (QED) is 0.554. The van der Waals surface area contributed by atoms with Gasteiger partial charge < -0.3 is 9.54 Å². The third kappa shape index (κ3) is 0.962. The molecule has 1 unspecified atom stereocenters. The van der Waals surface area contributed by atoms with Crippen molar-refractivity contribution in [2.45, 2.75) is 4.90 Å². The van der Waals surface area contributed by atoms with Crippen LogP contribution in [0.4, 0.5) is 0 Å². The Balaban J connectivity index is 2.93. The van der Waals surface area contributed by atoms with Gasteiger partial charge in [0.1, 0.15) is 0 Å². The smallest absolute Gasteiger partial charge is 0.0423 e. The molecule has 3 nitrogen and oxygen atoms in total. The Morgan fingerprint density at radius 1 is 1.75 bits per heavy atom. The first-order chi connectivity index (χ1) is 3.80. The first-order valence-corrected chi connectivity index (χ1v) is 3.10. The van der Waals surface area contributed by atoms with E-state index in [0.29, 0.717) is 4.90 Å². The standard InChI is InChI=1S/C4H5NO2S/c6-8(7)4-1-2-5-3-4/h1-3,5H,(H,6,7)/p-1. The van der Waals surface area contributed by atoms with Gasteiger partial charge in [-0.2, -0.15) is 0 Å². The minimum Gasteiger partial charge on any atom is -0.768 e. The second-order valence-electron chi connectivity index (χ2n) is 1.28. The zero-order valence-corrected chi connectivity index (χ0v) is 4.77. The van der Waals surface area contributed by atoms with E-state index < -0.39 is 11.1 Å². The lowest BCUT2D eigenvalue weighted by atomic mass is 10.7. The van der Waals surface area contributed by atoms with E-state index in [2.05, 4.69) is 4.98 Å². The average molecular weight is 130 g/mol. The maximum atomic E-state index is 10.0. The molecule has 0 aliphatic carbocycles. The van der Waals surface area contributed by atoms with Gasteiger partial charge in [-0.1, -0.05) is 0 Å². The van der Waals surface area contributed by atoms with E-state index in [1.165, 1.54) is 12.3 Å². The molecule has 1 aromatic heterocycles. The lowest BCUT2D eigenvalue weighted by molar-refractivity contribution is 0.537. The van der Waals surface area contributed by atoms with Crippen LogP contribution in [0.25, 0.3) is 0 Å². The summed E-state index contributed by atoms with van der Waals surface area (Å²) in [4.78, 5) is 2.91. The summed E-state index contributed by atoms with van der Waals surface area (Å²) in [6.07, 6.45) is 2.98. The van der Waals surface area contributed by atoms with Crippen molar-refractivity contribution < 1.29 is 8.76 Å². The number of aromatic nitrogens is 1. The van der Waals surface area contributed by atoms with Gasteiger partial charge in [0.25, 0.3) is 0 Å². The molecule has 0 spiro atoms. The molecule has 0 radical (unpaired) electrons. The zero-order valence-electron chi connectivity index (χ0n) is 3.96. The Bertz CT molecular complexity index is 182. The molecule has 0 saturated carbocycles. The van der Waals surface area contributed by atoms with Gasteiger partial charge >= 0.3 is 0 Å². The summed E-state index contributed by atoms with van der Waals surface area (Å²) in [6.45, 7) is 0. The number of hydrogen-bond donors (Lipinski definition) is 1. The van der Waals surface area contributed by atoms with Crippen LogP contribution < -0.4 is 0 Å². The molecule has 8 heavy (non-hydrogen) atoms. The Labute approximate surface area is 49.0 Å². The van der Waals surface area contributed by atoms with Crippen LogP contribution in [0.5, 0.6) is 0 Å². The van der Waals surface area contributed by atoms with Crippen LogP contribution in [-0.4, -0.2) is 13.7 Å². The van der Waals surface area contributed by atoms with Crippen LogP contribution in [0.3, 0.4) is 0 Å². The zero-order chi connectivity index (χ0) is 5.98.